The summed E-state index contributed by atoms with van der Waals surface area (Å²) in [5.41, 5.74) is 1.10. The van der Waals surface area contributed by atoms with Crippen LogP contribution in [0.15, 0.2) is 53.5 Å². The summed E-state index contributed by atoms with van der Waals surface area (Å²) in [6.45, 7) is 4.72. The molecule has 0 bridgehead atoms. The average Bonchev–Trinajstić information content (AvgIpc) is 3.64. The molecule has 7 rings (SSSR count). The van der Waals surface area contributed by atoms with E-state index in [2.05, 4.69) is 10.2 Å². The minimum Gasteiger partial charge on any atom is -0.451 e. The Morgan fingerprint density at radius 2 is 1.68 bits per heavy atom. The first-order valence-corrected chi connectivity index (χ1v) is 13.5. The van der Waals surface area contributed by atoms with Crippen LogP contribution in [-0.2, 0) is 0 Å². The molecule has 0 atom stereocenters. The normalized spacial score (nSPS) is 16.7. The number of likely N-dealkylation sites (tertiary alicyclic amines) is 1. The maximum absolute atomic E-state index is 15.7. The van der Waals surface area contributed by atoms with Crippen LogP contribution in [0.4, 0.5) is 10.1 Å². The van der Waals surface area contributed by atoms with E-state index in [-0.39, 0.29) is 10.9 Å². The fourth-order valence-electron chi connectivity index (χ4n) is 6.12. The molecule has 0 unspecified atom stereocenters. The minimum absolute atomic E-state index is 0.000738. The summed E-state index contributed by atoms with van der Waals surface area (Å²) in [6, 6.07) is 13.1. The van der Waals surface area contributed by atoms with Gasteiger partial charge in [0.05, 0.1) is 11.1 Å². The molecule has 1 N–H and O–H groups in total. The molecule has 2 fully saturated rings. The van der Waals surface area contributed by atoms with E-state index < -0.39 is 17.2 Å². The van der Waals surface area contributed by atoms with Crippen molar-refractivity contribution in [3.8, 4) is 17.2 Å². The van der Waals surface area contributed by atoms with Crippen LogP contribution < -0.4 is 20.4 Å². The van der Waals surface area contributed by atoms with E-state index in [0.717, 1.165) is 56.3 Å². The number of benzene rings is 3. The van der Waals surface area contributed by atoms with Gasteiger partial charge in [-0.15, -0.1) is 0 Å². The lowest BCUT2D eigenvalue weighted by molar-refractivity contribution is 0.0948. The number of nitrogens with one attached hydrogen (secondary N) is 1. The summed E-state index contributed by atoms with van der Waals surface area (Å²) in [5, 5.41) is 5.05. The number of hydrogen-bond acceptors (Lipinski definition) is 5. The van der Waals surface area contributed by atoms with Crippen molar-refractivity contribution in [3.05, 3.63) is 70.3 Å². The van der Waals surface area contributed by atoms with Crippen molar-refractivity contribution in [2.75, 3.05) is 44.2 Å². The smallest absolute Gasteiger partial charge is 0.256 e. The molecule has 3 aromatic carbocycles. The molecule has 1 aromatic heterocycles. The van der Waals surface area contributed by atoms with Gasteiger partial charge in [-0.05, 0) is 67.7 Å². The van der Waals surface area contributed by atoms with Crippen LogP contribution in [0.25, 0.3) is 27.4 Å². The zero-order valence-corrected chi connectivity index (χ0v) is 21.1. The average molecular weight is 513 g/mol. The Morgan fingerprint density at radius 1 is 0.974 bits per heavy atom. The molecular formula is C30H29FN4O3. The third kappa shape index (κ3) is 3.74. The number of hydrogen-bond donors (Lipinski definition) is 1. The van der Waals surface area contributed by atoms with Crippen molar-refractivity contribution in [2.24, 2.45) is 0 Å². The first kappa shape index (κ1) is 23.2. The van der Waals surface area contributed by atoms with E-state index in [4.69, 9.17) is 4.74 Å². The number of carbonyl (C=O) groups is 1. The number of aromatic nitrogens is 1. The maximum Gasteiger partial charge on any atom is 0.256 e. The second-order valence-corrected chi connectivity index (χ2v) is 10.4. The van der Waals surface area contributed by atoms with Gasteiger partial charge in [-0.25, -0.2) is 4.39 Å². The molecule has 0 radical (unpaired) electrons. The molecule has 3 aliphatic heterocycles. The Kier molecular flexibility index (Phi) is 5.58. The number of carbonyl (C=O) groups excluding carboxylic acids is 1. The Bertz CT molecular complexity index is 1650. The Hall–Kier alpha value is -3.91. The summed E-state index contributed by atoms with van der Waals surface area (Å²) in [5.74, 6) is -0.0523. The summed E-state index contributed by atoms with van der Waals surface area (Å²) in [6.07, 6.45) is 5.89. The highest BCUT2D eigenvalue weighted by Gasteiger charge is 2.31. The summed E-state index contributed by atoms with van der Waals surface area (Å²) in [4.78, 5) is 31.2. The fourth-order valence-corrected chi connectivity index (χ4v) is 6.12. The highest BCUT2D eigenvalue weighted by atomic mass is 19.1. The third-order valence-corrected chi connectivity index (χ3v) is 8.05. The molecule has 0 aliphatic carbocycles. The van der Waals surface area contributed by atoms with E-state index >= 15 is 4.39 Å². The highest BCUT2D eigenvalue weighted by Crippen LogP contribution is 2.48. The number of amides is 1. The van der Waals surface area contributed by atoms with Crippen LogP contribution in [0.2, 0.25) is 0 Å². The molecule has 0 saturated carbocycles. The summed E-state index contributed by atoms with van der Waals surface area (Å²) >= 11 is 0. The van der Waals surface area contributed by atoms with E-state index in [1.165, 1.54) is 18.9 Å². The van der Waals surface area contributed by atoms with Gasteiger partial charge in [-0.3, -0.25) is 9.59 Å². The number of ether oxygens (including phenoxy) is 1. The monoisotopic (exact) mass is 512 g/mol. The van der Waals surface area contributed by atoms with Gasteiger partial charge in [0.15, 0.2) is 17.3 Å². The van der Waals surface area contributed by atoms with Gasteiger partial charge in [0, 0.05) is 32.4 Å². The van der Waals surface area contributed by atoms with Crippen LogP contribution in [0, 0.1) is 5.82 Å². The van der Waals surface area contributed by atoms with Crippen LogP contribution in [0.3, 0.4) is 0 Å². The Labute approximate surface area is 219 Å². The van der Waals surface area contributed by atoms with Gasteiger partial charge in [0.2, 0.25) is 5.43 Å². The van der Waals surface area contributed by atoms with Gasteiger partial charge in [-0.2, -0.15) is 0 Å². The molecule has 38 heavy (non-hydrogen) atoms. The molecule has 8 heteroatoms. The second-order valence-electron chi connectivity index (χ2n) is 10.4. The van der Waals surface area contributed by atoms with E-state index in [0.29, 0.717) is 34.9 Å². The summed E-state index contributed by atoms with van der Waals surface area (Å²) < 4.78 is 24.0. The van der Waals surface area contributed by atoms with Gasteiger partial charge < -0.3 is 24.4 Å². The third-order valence-electron chi connectivity index (χ3n) is 8.05. The molecule has 3 aliphatic rings. The number of fused-ring (bicyclic) bond motifs is 3. The maximum atomic E-state index is 15.7. The molecular weight excluding hydrogens is 483 g/mol. The largest absolute Gasteiger partial charge is 0.451 e. The van der Waals surface area contributed by atoms with E-state index in [1.54, 1.807) is 6.20 Å². The predicted octanol–water partition coefficient (Wildman–Crippen LogP) is 4.81. The number of rotatable bonds is 5. The van der Waals surface area contributed by atoms with Crippen molar-refractivity contribution in [1.82, 2.24) is 14.8 Å². The summed E-state index contributed by atoms with van der Waals surface area (Å²) in [7, 11) is 0. The standard InChI is InChI=1S/C30H29FN4O3/c31-23-17-21-26-29(27(23)34-12-5-6-13-34)38-25-16-20-8-2-1-7-19(20)15-24(25)35(26)18-22(28(21)36)30(37)32-9-14-33-10-3-4-11-33/h1-2,7-8,15-18H,3-6,9-14H2,(H,32,37). The molecule has 4 aromatic rings. The lowest BCUT2D eigenvalue weighted by Crippen LogP contribution is -2.36. The zero-order valence-electron chi connectivity index (χ0n) is 21.1. The first-order chi connectivity index (χ1) is 18.6. The van der Waals surface area contributed by atoms with Crippen molar-refractivity contribution in [2.45, 2.75) is 25.7 Å². The number of anilines is 1. The Balaban J connectivity index is 1.40. The molecule has 4 heterocycles. The van der Waals surface area contributed by atoms with Gasteiger partial charge >= 0.3 is 0 Å². The van der Waals surface area contributed by atoms with Crippen molar-refractivity contribution < 1.29 is 13.9 Å². The highest BCUT2D eigenvalue weighted by molar-refractivity contribution is 6.02. The topological polar surface area (TPSA) is 66.8 Å². The van der Waals surface area contributed by atoms with Crippen molar-refractivity contribution in [1.29, 1.82) is 0 Å². The molecule has 194 valence electrons. The van der Waals surface area contributed by atoms with E-state index in [9.17, 15) is 9.59 Å². The predicted molar refractivity (Wildman–Crippen MR) is 147 cm³/mol. The Morgan fingerprint density at radius 3 is 2.45 bits per heavy atom. The first-order valence-electron chi connectivity index (χ1n) is 13.5. The van der Waals surface area contributed by atoms with Crippen LogP contribution >= 0.6 is 0 Å². The fraction of sp³-hybridized carbons (Fsp3) is 0.333. The molecule has 7 nitrogen and oxygen atoms in total. The van der Waals surface area contributed by atoms with Gasteiger partial charge in [0.25, 0.3) is 5.91 Å². The molecule has 2 saturated heterocycles. The van der Waals surface area contributed by atoms with Crippen LogP contribution in [0.1, 0.15) is 36.0 Å². The lowest BCUT2D eigenvalue weighted by Gasteiger charge is -2.29. The zero-order chi connectivity index (χ0) is 25.8. The van der Waals surface area contributed by atoms with E-state index in [1.807, 2.05) is 45.9 Å². The quantitative estimate of drug-likeness (QED) is 0.366. The van der Waals surface area contributed by atoms with Gasteiger partial charge in [0.1, 0.15) is 16.8 Å². The second kappa shape index (κ2) is 9.13. The SMILES string of the molecule is O=C(NCCN1CCCC1)c1cn2c3c(c(N4CCCC4)c(F)cc3c1=O)Oc1cc3ccccc3cc1-2. The van der Waals surface area contributed by atoms with Crippen molar-refractivity contribution in [3.63, 3.8) is 0 Å². The van der Waals surface area contributed by atoms with Crippen LogP contribution in [0.5, 0.6) is 11.5 Å². The van der Waals surface area contributed by atoms with Crippen molar-refractivity contribution >= 4 is 33.3 Å². The molecule has 1 amide bonds. The number of nitrogens with zero attached hydrogens (tertiary/aromatic N) is 3. The number of halogens is 1. The van der Waals surface area contributed by atoms with Gasteiger partial charge in [-0.1, -0.05) is 24.3 Å². The molecule has 0 spiro atoms. The van der Waals surface area contributed by atoms with Crippen LogP contribution in [-0.4, -0.2) is 54.6 Å². The number of pyridine rings is 1. The minimum atomic E-state index is -0.506. The lowest BCUT2D eigenvalue weighted by atomic mass is 10.0.